The van der Waals surface area contributed by atoms with Crippen molar-refractivity contribution in [1.82, 2.24) is 0 Å². The summed E-state index contributed by atoms with van der Waals surface area (Å²) >= 11 is 3.64. The van der Waals surface area contributed by atoms with Crippen molar-refractivity contribution in [3.8, 4) is 0 Å². The summed E-state index contributed by atoms with van der Waals surface area (Å²) in [5.74, 6) is -1.21. The van der Waals surface area contributed by atoms with E-state index in [4.69, 9.17) is 9.47 Å². The van der Waals surface area contributed by atoms with E-state index < -0.39 is 17.5 Å². The van der Waals surface area contributed by atoms with Crippen molar-refractivity contribution < 1.29 is 19.1 Å². The molecule has 0 saturated carbocycles. The summed E-state index contributed by atoms with van der Waals surface area (Å²) in [6.07, 6.45) is 0. The molecule has 0 aromatic rings. The van der Waals surface area contributed by atoms with Gasteiger partial charge in [-0.1, -0.05) is 43.2 Å². The number of ether oxygens (including phenoxy) is 2. The Bertz CT molecular complexity index is 330. The summed E-state index contributed by atoms with van der Waals surface area (Å²) in [5.41, 5.74) is -1.79. The minimum atomic E-state index is -2.09. The number of rotatable bonds is 4. The quantitative estimate of drug-likeness (QED) is 0.453. The summed E-state index contributed by atoms with van der Waals surface area (Å²) in [7, 11) is 2.53. The molecule has 17 heavy (non-hydrogen) atoms. The Morgan fingerprint density at radius 2 is 1.24 bits per heavy atom. The van der Waals surface area contributed by atoms with Gasteiger partial charge in [0.15, 0.2) is 5.29 Å². The van der Waals surface area contributed by atoms with Crippen molar-refractivity contribution in [2.45, 2.75) is 39.0 Å². The van der Waals surface area contributed by atoms with Gasteiger partial charge >= 0.3 is 11.9 Å². The molecule has 0 bridgehead atoms. The van der Waals surface area contributed by atoms with E-state index in [2.05, 4.69) is 15.5 Å². The fraction of sp³-hybridized carbons (Fsp3) is 0.727. The second-order valence-electron chi connectivity index (χ2n) is 4.21. The van der Waals surface area contributed by atoms with Gasteiger partial charge in [-0.2, -0.15) is 0 Å². The van der Waals surface area contributed by atoms with E-state index in [1.165, 1.54) is 14.2 Å². The first-order valence-electron chi connectivity index (χ1n) is 5.35. The molecule has 0 aromatic heterocycles. The molecule has 0 aliphatic heterocycles. The standard InChI is InChI=1S/C11H20BrO4P/c1-7(2)17(12,8(3)4)9(10(13)15-5)11(14)16-6/h7-8H,1-6H3. The zero-order chi connectivity index (χ0) is 13.8. The monoisotopic (exact) mass is 326 g/mol. The molecule has 0 unspecified atom stereocenters. The maximum atomic E-state index is 11.8. The highest BCUT2D eigenvalue weighted by atomic mass is 79.9. The number of carbonyl (C=O) groups excluding carboxylic acids is 2. The Labute approximate surface area is 111 Å². The average molecular weight is 327 g/mol. The zero-order valence-corrected chi connectivity index (χ0v) is 13.6. The number of esters is 2. The second-order valence-corrected chi connectivity index (χ2v) is 11.6. The Morgan fingerprint density at radius 3 is 1.41 bits per heavy atom. The lowest BCUT2D eigenvalue weighted by molar-refractivity contribution is -0.137. The minimum Gasteiger partial charge on any atom is -0.465 e. The van der Waals surface area contributed by atoms with Crippen molar-refractivity contribution in [1.29, 1.82) is 0 Å². The number of carbonyl (C=O) groups is 2. The van der Waals surface area contributed by atoms with Crippen LogP contribution in [0.2, 0.25) is 0 Å². The molecule has 0 saturated heterocycles. The van der Waals surface area contributed by atoms with Crippen LogP contribution in [0, 0.1) is 0 Å². The molecule has 0 heterocycles. The van der Waals surface area contributed by atoms with E-state index in [-0.39, 0.29) is 16.6 Å². The van der Waals surface area contributed by atoms with Crippen LogP contribution in [0.25, 0.3) is 0 Å². The Morgan fingerprint density at radius 1 is 0.941 bits per heavy atom. The molecular weight excluding hydrogens is 307 g/mol. The van der Waals surface area contributed by atoms with Gasteiger partial charge in [-0.15, -0.1) is 0 Å². The first kappa shape index (κ1) is 16.7. The Hall–Kier alpha value is -0.280. The van der Waals surface area contributed by atoms with Gasteiger partial charge in [-0.3, -0.25) is 0 Å². The van der Waals surface area contributed by atoms with E-state index in [0.29, 0.717) is 0 Å². The van der Waals surface area contributed by atoms with Crippen LogP contribution in [-0.2, 0) is 19.1 Å². The topological polar surface area (TPSA) is 52.6 Å². The molecule has 6 heteroatoms. The fourth-order valence-electron chi connectivity index (χ4n) is 1.67. The summed E-state index contributed by atoms with van der Waals surface area (Å²) in [6.45, 7) is 7.92. The predicted octanol–water partition coefficient (Wildman–Crippen LogP) is 2.65. The summed E-state index contributed by atoms with van der Waals surface area (Å²) in [4.78, 5) is 23.6. The van der Waals surface area contributed by atoms with Crippen LogP contribution in [-0.4, -0.2) is 42.8 Å². The molecule has 100 valence electrons. The van der Waals surface area contributed by atoms with Crippen molar-refractivity contribution in [3.63, 3.8) is 0 Å². The first-order valence-corrected chi connectivity index (χ1v) is 9.30. The smallest absolute Gasteiger partial charge is 0.346 e. The molecule has 4 nitrogen and oxygen atoms in total. The third-order valence-electron chi connectivity index (χ3n) is 2.60. The van der Waals surface area contributed by atoms with E-state index in [1.807, 2.05) is 27.7 Å². The van der Waals surface area contributed by atoms with Crippen molar-refractivity contribution >= 4 is 38.3 Å². The maximum Gasteiger partial charge on any atom is 0.346 e. The third-order valence-corrected chi connectivity index (χ3v) is 12.6. The maximum absolute atomic E-state index is 11.8. The number of methoxy groups -OCH3 is 2. The molecule has 0 aliphatic carbocycles. The summed E-state index contributed by atoms with van der Waals surface area (Å²) < 4.78 is 9.41. The van der Waals surface area contributed by atoms with Gasteiger partial charge < -0.3 is 9.47 Å². The van der Waals surface area contributed by atoms with Crippen LogP contribution in [0.15, 0.2) is 0 Å². The summed E-state index contributed by atoms with van der Waals surface area (Å²) in [5, 5.41) is 0.118. The number of hydrogen-bond acceptors (Lipinski definition) is 4. The van der Waals surface area contributed by atoms with E-state index in [1.54, 1.807) is 0 Å². The largest absolute Gasteiger partial charge is 0.465 e. The van der Waals surface area contributed by atoms with Crippen LogP contribution in [0.1, 0.15) is 27.7 Å². The lowest BCUT2D eigenvalue weighted by atomic mass is 10.4. The van der Waals surface area contributed by atoms with Crippen LogP contribution in [0.4, 0.5) is 0 Å². The highest BCUT2D eigenvalue weighted by molar-refractivity contribution is 9.41. The molecule has 0 spiro atoms. The van der Waals surface area contributed by atoms with Crippen LogP contribution < -0.4 is 0 Å². The lowest BCUT2D eigenvalue weighted by Gasteiger charge is -2.30. The zero-order valence-electron chi connectivity index (χ0n) is 11.1. The predicted molar refractivity (Wildman–Crippen MR) is 75.2 cm³/mol. The molecule has 0 fully saturated rings. The van der Waals surface area contributed by atoms with E-state index >= 15 is 0 Å². The average Bonchev–Trinajstić information content (AvgIpc) is 2.27. The van der Waals surface area contributed by atoms with E-state index in [9.17, 15) is 9.59 Å². The van der Waals surface area contributed by atoms with Crippen molar-refractivity contribution in [2.75, 3.05) is 14.2 Å². The van der Waals surface area contributed by atoms with Crippen LogP contribution >= 0.6 is 21.1 Å². The molecule has 0 radical (unpaired) electrons. The normalized spacial score (nSPS) is 11.6. The highest BCUT2D eigenvalue weighted by Gasteiger charge is 2.36. The van der Waals surface area contributed by atoms with Gasteiger partial charge in [0.1, 0.15) is 0 Å². The van der Waals surface area contributed by atoms with Gasteiger partial charge in [0.2, 0.25) is 0 Å². The second kappa shape index (κ2) is 6.60. The molecule has 0 rings (SSSR count). The first-order chi connectivity index (χ1) is 7.73. The van der Waals surface area contributed by atoms with Crippen molar-refractivity contribution in [3.05, 3.63) is 0 Å². The van der Waals surface area contributed by atoms with Gasteiger partial charge in [0.25, 0.3) is 0 Å². The fourth-order valence-corrected chi connectivity index (χ4v) is 5.51. The highest BCUT2D eigenvalue weighted by Crippen LogP contribution is 2.65. The third kappa shape index (κ3) is 3.35. The molecule has 0 aromatic carbocycles. The summed E-state index contributed by atoms with van der Waals surface area (Å²) in [6, 6.07) is 0. The van der Waals surface area contributed by atoms with Gasteiger partial charge in [0.05, 0.1) is 14.2 Å². The molecular formula is C11H20BrO4P. The lowest BCUT2D eigenvalue weighted by Crippen LogP contribution is -2.30. The van der Waals surface area contributed by atoms with Gasteiger partial charge in [-0.05, 0) is 16.9 Å². The Balaban J connectivity index is 6.12. The SMILES string of the molecule is COC(=O)C(C(=O)OC)=P(Br)(C(C)C)C(C)C. The Kier molecular flexibility index (Phi) is 6.49. The van der Waals surface area contributed by atoms with Crippen LogP contribution in [0.5, 0.6) is 0 Å². The van der Waals surface area contributed by atoms with Crippen LogP contribution in [0.3, 0.4) is 0 Å². The molecule has 0 atom stereocenters. The number of halogens is 1. The molecule has 0 N–H and O–H groups in total. The molecule has 0 aliphatic rings. The minimum absolute atomic E-state index is 0.118. The number of hydrogen-bond donors (Lipinski definition) is 0. The van der Waals surface area contributed by atoms with E-state index in [0.717, 1.165) is 0 Å². The van der Waals surface area contributed by atoms with Gasteiger partial charge in [0, 0.05) is 0 Å². The molecule has 0 amide bonds. The van der Waals surface area contributed by atoms with Crippen molar-refractivity contribution in [2.24, 2.45) is 0 Å². The van der Waals surface area contributed by atoms with Gasteiger partial charge in [-0.25, -0.2) is 9.59 Å².